The van der Waals surface area contributed by atoms with Crippen molar-refractivity contribution in [2.75, 3.05) is 0 Å². The molecule has 0 saturated heterocycles. The van der Waals surface area contributed by atoms with Gasteiger partial charge in [-0.1, -0.05) is 23.2 Å². The maximum Gasteiger partial charge on any atom is 0.673 e. The topological polar surface area (TPSA) is 51.9 Å². The van der Waals surface area contributed by atoms with Crippen LogP contribution >= 0.6 is 23.2 Å². The first-order chi connectivity index (χ1) is 7.69. The van der Waals surface area contributed by atoms with Crippen LogP contribution < -0.4 is 0 Å². The molecule has 1 rings (SSSR count). The minimum atomic E-state index is -6.00. The molecule has 0 aliphatic rings. The van der Waals surface area contributed by atoms with Crippen molar-refractivity contribution < 1.29 is 17.3 Å². The van der Waals surface area contributed by atoms with Gasteiger partial charge in [0.2, 0.25) is 5.39 Å². The summed E-state index contributed by atoms with van der Waals surface area (Å²) in [6.07, 6.45) is 0. The second-order valence-electron chi connectivity index (χ2n) is 2.50. The summed E-state index contributed by atoms with van der Waals surface area (Å²) in [4.78, 5) is 2.87. The van der Waals surface area contributed by atoms with E-state index in [9.17, 15) is 17.3 Å². The highest BCUT2D eigenvalue weighted by molar-refractivity contribution is 6.50. The number of diazo groups is 1. The minimum Gasteiger partial charge on any atom is -0.418 e. The number of benzene rings is 1. The SMILES string of the molecule is F[B-](F)(F)F.N#Cc1cc(Cl)c([N+]#N)c(Cl)c1. The third-order valence-corrected chi connectivity index (χ3v) is 1.82. The number of nitriles is 1. The van der Waals surface area contributed by atoms with Crippen LogP contribution in [0.1, 0.15) is 5.56 Å². The number of hydrogen-bond acceptors (Lipinski definition) is 2. The Morgan fingerprint density at radius 1 is 1.12 bits per heavy atom. The Morgan fingerprint density at radius 3 is 1.71 bits per heavy atom. The number of nitrogens with zero attached hydrogens (tertiary/aromatic N) is 3. The van der Waals surface area contributed by atoms with Crippen molar-refractivity contribution >= 4 is 36.1 Å². The molecular formula is C7H2BCl2F4N3. The molecule has 1 aromatic carbocycles. The van der Waals surface area contributed by atoms with Crippen molar-refractivity contribution in [1.82, 2.24) is 0 Å². The Labute approximate surface area is 103 Å². The summed E-state index contributed by atoms with van der Waals surface area (Å²) in [5.41, 5.74) is 0.412. The zero-order valence-corrected chi connectivity index (χ0v) is 9.35. The lowest BCUT2D eigenvalue weighted by Gasteiger charge is -1.94. The summed E-state index contributed by atoms with van der Waals surface area (Å²) in [7, 11) is -6.00. The van der Waals surface area contributed by atoms with Gasteiger partial charge in [0, 0.05) is 0 Å². The third kappa shape index (κ3) is 6.62. The molecule has 10 heteroatoms. The molecule has 0 amide bonds. The molecule has 0 saturated carbocycles. The molecule has 0 aliphatic heterocycles. The molecule has 0 fully saturated rings. The van der Waals surface area contributed by atoms with Crippen LogP contribution in [0.4, 0.5) is 23.0 Å². The first-order valence-corrected chi connectivity index (χ1v) is 4.56. The number of halogens is 6. The highest BCUT2D eigenvalue weighted by Crippen LogP contribution is 2.33. The molecule has 17 heavy (non-hydrogen) atoms. The van der Waals surface area contributed by atoms with E-state index in [1.807, 2.05) is 6.07 Å². The van der Waals surface area contributed by atoms with Gasteiger partial charge in [0.25, 0.3) is 0 Å². The van der Waals surface area contributed by atoms with Crippen LogP contribution in [-0.2, 0) is 0 Å². The summed E-state index contributed by atoms with van der Waals surface area (Å²) in [5.74, 6) is 0. The Hall–Kier alpha value is -1.51. The monoisotopic (exact) mass is 285 g/mol. The van der Waals surface area contributed by atoms with Gasteiger partial charge < -0.3 is 17.3 Å². The van der Waals surface area contributed by atoms with E-state index in [1.165, 1.54) is 12.1 Å². The van der Waals surface area contributed by atoms with Crippen molar-refractivity contribution in [2.45, 2.75) is 0 Å². The lowest BCUT2D eigenvalue weighted by molar-refractivity contribution is 0.368. The van der Waals surface area contributed by atoms with Crippen molar-refractivity contribution in [3.05, 3.63) is 32.7 Å². The van der Waals surface area contributed by atoms with Gasteiger partial charge in [-0.3, -0.25) is 0 Å². The summed E-state index contributed by atoms with van der Waals surface area (Å²) < 4.78 is 39.0. The molecule has 0 spiro atoms. The van der Waals surface area contributed by atoms with Gasteiger partial charge in [-0.2, -0.15) is 5.26 Å². The van der Waals surface area contributed by atoms with Crippen LogP contribution in [0.15, 0.2) is 12.1 Å². The lowest BCUT2D eigenvalue weighted by atomic mass is 10.2. The fraction of sp³-hybridized carbons (Fsp3) is 0. The fourth-order valence-electron chi connectivity index (χ4n) is 0.726. The quantitative estimate of drug-likeness (QED) is 0.396. The Bertz CT molecular complexity index is 462. The average molecular weight is 286 g/mol. The van der Waals surface area contributed by atoms with Crippen LogP contribution in [0.25, 0.3) is 4.98 Å². The van der Waals surface area contributed by atoms with Crippen molar-refractivity contribution in [1.29, 1.82) is 10.7 Å². The average Bonchev–Trinajstić information content (AvgIpc) is 2.14. The molecule has 0 heterocycles. The maximum absolute atomic E-state index is 9.75. The van der Waals surface area contributed by atoms with E-state index < -0.39 is 7.25 Å². The Morgan fingerprint density at radius 2 is 1.47 bits per heavy atom. The lowest BCUT2D eigenvalue weighted by Crippen LogP contribution is -2.02. The molecule has 0 unspecified atom stereocenters. The largest absolute Gasteiger partial charge is 0.673 e. The van der Waals surface area contributed by atoms with Gasteiger partial charge in [0.05, 0.1) is 11.6 Å². The predicted molar refractivity (Wildman–Crippen MR) is 56.1 cm³/mol. The van der Waals surface area contributed by atoms with Crippen LogP contribution in [0, 0.1) is 16.7 Å². The van der Waals surface area contributed by atoms with E-state index >= 15 is 0 Å². The first-order valence-electron chi connectivity index (χ1n) is 3.80. The molecular weight excluding hydrogens is 284 g/mol. The summed E-state index contributed by atoms with van der Waals surface area (Å²) in [6, 6.07) is 4.62. The highest BCUT2D eigenvalue weighted by Gasteiger charge is 2.20. The van der Waals surface area contributed by atoms with E-state index in [4.69, 9.17) is 33.9 Å². The zero-order valence-electron chi connectivity index (χ0n) is 7.84. The first kappa shape index (κ1) is 15.5. The number of rotatable bonds is 0. The Kier molecular flexibility index (Phi) is 5.73. The second-order valence-corrected chi connectivity index (χ2v) is 3.31. The molecule has 0 N–H and O–H groups in total. The molecule has 0 aromatic heterocycles. The van der Waals surface area contributed by atoms with Gasteiger partial charge >= 0.3 is 12.9 Å². The number of hydrogen-bond donors (Lipinski definition) is 0. The van der Waals surface area contributed by atoms with E-state index in [0.29, 0.717) is 5.56 Å². The van der Waals surface area contributed by atoms with Crippen LogP contribution in [0.2, 0.25) is 10.0 Å². The maximum atomic E-state index is 9.75. The van der Waals surface area contributed by atoms with Crippen LogP contribution in [0.5, 0.6) is 0 Å². The summed E-state index contributed by atoms with van der Waals surface area (Å²) in [5, 5.41) is 17.2. The van der Waals surface area contributed by atoms with Gasteiger partial charge in [-0.25, -0.2) is 0 Å². The summed E-state index contributed by atoms with van der Waals surface area (Å²) in [6.45, 7) is 0. The predicted octanol–water partition coefficient (Wildman–Crippen LogP) is 4.65. The van der Waals surface area contributed by atoms with Gasteiger partial charge in [0.15, 0.2) is 4.98 Å². The summed E-state index contributed by atoms with van der Waals surface area (Å²) >= 11 is 11.2. The Balaban J connectivity index is 0.000000437. The smallest absolute Gasteiger partial charge is 0.418 e. The van der Waals surface area contributed by atoms with E-state index in [0.717, 1.165) is 0 Å². The van der Waals surface area contributed by atoms with Crippen molar-refractivity contribution in [3.63, 3.8) is 0 Å². The van der Waals surface area contributed by atoms with Gasteiger partial charge in [-0.15, -0.1) is 0 Å². The van der Waals surface area contributed by atoms with Crippen molar-refractivity contribution in [3.8, 4) is 6.07 Å². The minimum absolute atomic E-state index is 0.0809. The van der Waals surface area contributed by atoms with E-state index in [1.54, 1.807) is 0 Å². The molecule has 0 radical (unpaired) electrons. The fourth-order valence-corrected chi connectivity index (χ4v) is 1.29. The molecule has 1 aromatic rings. The zero-order chi connectivity index (χ0) is 13.6. The molecule has 0 bridgehead atoms. The molecule has 90 valence electrons. The van der Waals surface area contributed by atoms with Gasteiger partial charge in [-0.05, 0) is 12.1 Å². The van der Waals surface area contributed by atoms with E-state index in [-0.39, 0.29) is 15.7 Å². The molecule has 0 aliphatic carbocycles. The standard InChI is InChI=1S/C7H2Cl2N3.BF4/c8-5-1-4(3-10)2-6(9)7(5)12-11;2-1(3,4)5/h1-2H;/q+1;-1. The normalized spacial score (nSPS) is 9.65. The van der Waals surface area contributed by atoms with Crippen molar-refractivity contribution in [2.24, 2.45) is 0 Å². The second kappa shape index (κ2) is 6.28. The molecule has 3 nitrogen and oxygen atoms in total. The third-order valence-electron chi connectivity index (χ3n) is 1.25. The van der Waals surface area contributed by atoms with Crippen LogP contribution in [0.3, 0.4) is 0 Å². The van der Waals surface area contributed by atoms with E-state index in [2.05, 4.69) is 4.98 Å². The molecule has 0 atom stereocenters. The van der Waals surface area contributed by atoms with Crippen LogP contribution in [-0.4, -0.2) is 7.25 Å². The van der Waals surface area contributed by atoms with Gasteiger partial charge in [0.1, 0.15) is 10.0 Å². The highest BCUT2D eigenvalue weighted by atomic mass is 35.5.